The number of rotatable bonds is 1. The van der Waals surface area contributed by atoms with Crippen molar-refractivity contribution >= 4 is 11.8 Å². The number of hydrogen-bond acceptors (Lipinski definition) is 1. The molecule has 0 aliphatic heterocycles. The number of hydrogen-bond donors (Lipinski definition) is 0. The topological polar surface area (TPSA) is 22.0 Å². The van der Waals surface area contributed by atoms with Crippen LogP contribution in [0.3, 0.4) is 0 Å². The summed E-state index contributed by atoms with van der Waals surface area (Å²) in [6.07, 6.45) is -1.57. The van der Waals surface area contributed by atoms with Crippen LogP contribution in [0.15, 0.2) is 23.1 Å². The zero-order valence-corrected chi connectivity index (χ0v) is 6.05. The highest BCUT2D eigenvalue weighted by Crippen LogP contribution is 2.13. The van der Waals surface area contributed by atoms with Gasteiger partial charge in [0, 0.05) is 18.0 Å². The quantitative estimate of drug-likeness (QED) is 0.644. The van der Waals surface area contributed by atoms with Crippen LogP contribution in [0.25, 0.3) is 0 Å². The summed E-state index contributed by atoms with van der Waals surface area (Å²) in [4.78, 5) is 10.8. The van der Waals surface area contributed by atoms with E-state index in [1.807, 2.05) is 0 Å². The smallest absolute Gasteiger partial charge is 0.267 e. The Morgan fingerprint density at radius 2 is 2.18 bits per heavy atom. The predicted octanol–water partition coefficient (Wildman–Crippen LogP) is 1.79. The first kappa shape index (κ1) is 8.20. The third-order valence-electron chi connectivity index (χ3n) is 1.17. The zero-order valence-electron chi connectivity index (χ0n) is 5.30. The molecule has 0 saturated carbocycles. The number of halogens is 3. The van der Waals surface area contributed by atoms with E-state index in [1.54, 1.807) is 0 Å². The van der Waals surface area contributed by atoms with Crippen molar-refractivity contribution in [3.63, 3.8) is 0 Å². The standard InChI is InChI=1S/C6H4ClF2NO/c7-10-3-1-2-4(5(8)9)6(10)11/h1-3,5H. The summed E-state index contributed by atoms with van der Waals surface area (Å²) in [5.41, 5.74) is -1.45. The van der Waals surface area contributed by atoms with Gasteiger partial charge in [-0.1, -0.05) is 0 Å². The monoisotopic (exact) mass is 179 g/mol. The van der Waals surface area contributed by atoms with E-state index in [0.29, 0.717) is 4.09 Å². The summed E-state index contributed by atoms with van der Waals surface area (Å²) in [6, 6.07) is 2.34. The van der Waals surface area contributed by atoms with Crippen LogP contribution in [0, 0.1) is 0 Å². The maximum absolute atomic E-state index is 11.9. The van der Waals surface area contributed by atoms with Crippen LogP contribution in [0.2, 0.25) is 0 Å². The minimum absolute atomic E-state index is 0.581. The highest BCUT2D eigenvalue weighted by atomic mass is 35.5. The molecule has 0 aromatic carbocycles. The lowest BCUT2D eigenvalue weighted by molar-refractivity contribution is 0.149. The fraction of sp³-hybridized carbons (Fsp3) is 0.167. The Bertz CT molecular complexity index is 310. The molecule has 2 nitrogen and oxygen atoms in total. The van der Waals surface area contributed by atoms with Gasteiger partial charge in [-0.25, -0.2) is 12.9 Å². The molecule has 0 N–H and O–H groups in total. The molecule has 1 heterocycles. The molecule has 0 aliphatic carbocycles. The molecule has 1 aromatic rings. The molecule has 0 saturated heterocycles. The molecule has 0 atom stereocenters. The van der Waals surface area contributed by atoms with E-state index in [9.17, 15) is 13.6 Å². The molecule has 1 rings (SSSR count). The molecule has 0 fully saturated rings. The maximum Gasteiger partial charge on any atom is 0.274 e. The van der Waals surface area contributed by atoms with Crippen LogP contribution in [-0.2, 0) is 0 Å². The van der Waals surface area contributed by atoms with Gasteiger partial charge in [0.15, 0.2) is 0 Å². The lowest BCUT2D eigenvalue weighted by atomic mass is 10.3. The van der Waals surface area contributed by atoms with Crippen LogP contribution in [0.5, 0.6) is 0 Å². The molecule has 0 spiro atoms. The fourth-order valence-corrected chi connectivity index (χ4v) is 0.813. The average molecular weight is 180 g/mol. The second-order valence-corrected chi connectivity index (χ2v) is 2.24. The van der Waals surface area contributed by atoms with E-state index in [2.05, 4.69) is 0 Å². The van der Waals surface area contributed by atoms with Gasteiger partial charge in [0.1, 0.15) is 0 Å². The first-order chi connectivity index (χ1) is 5.13. The third kappa shape index (κ3) is 1.57. The second-order valence-electron chi connectivity index (χ2n) is 1.88. The van der Waals surface area contributed by atoms with Crippen molar-refractivity contribution in [2.75, 3.05) is 0 Å². The largest absolute Gasteiger partial charge is 0.274 e. The van der Waals surface area contributed by atoms with E-state index in [1.165, 1.54) is 12.3 Å². The normalized spacial score (nSPS) is 10.5. The summed E-state index contributed by atoms with van der Waals surface area (Å²) in [6.45, 7) is 0. The molecule has 11 heavy (non-hydrogen) atoms. The van der Waals surface area contributed by atoms with Crippen molar-refractivity contribution in [2.24, 2.45) is 0 Å². The molecule has 1 aromatic heterocycles. The van der Waals surface area contributed by atoms with E-state index < -0.39 is 17.5 Å². The Balaban J connectivity index is 3.28. The second kappa shape index (κ2) is 3.00. The molecular formula is C6H4ClF2NO. The summed E-state index contributed by atoms with van der Waals surface area (Å²) >= 11 is 5.23. The fourth-order valence-electron chi connectivity index (χ4n) is 0.651. The van der Waals surface area contributed by atoms with Crippen LogP contribution in [0.1, 0.15) is 12.0 Å². The van der Waals surface area contributed by atoms with Gasteiger partial charge in [-0.3, -0.25) is 4.79 Å². The highest BCUT2D eigenvalue weighted by Gasteiger charge is 2.11. The van der Waals surface area contributed by atoms with E-state index >= 15 is 0 Å². The molecule has 0 aliphatic rings. The lowest BCUT2D eigenvalue weighted by Gasteiger charge is -1.97. The van der Waals surface area contributed by atoms with Crippen molar-refractivity contribution in [1.82, 2.24) is 4.09 Å². The van der Waals surface area contributed by atoms with Gasteiger partial charge in [-0.2, -0.15) is 0 Å². The van der Waals surface area contributed by atoms with Crippen molar-refractivity contribution in [3.8, 4) is 0 Å². The zero-order chi connectivity index (χ0) is 8.43. The van der Waals surface area contributed by atoms with Crippen molar-refractivity contribution in [3.05, 3.63) is 34.2 Å². The van der Waals surface area contributed by atoms with Gasteiger partial charge in [0.05, 0.1) is 5.56 Å². The van der Waals surface area contributed by atoms with Crippen LogP contribution in [0.4, 0.5) is 8.78 Å². The molecule has 0 radical (unpaired) electrons. The molecule has 5 heteroatoms. The van der Waals surface area contributed by atoms with Crippen molar-refractivity contribution in [2.45, 2.75) is 6.43 Å². The van der Waals surface area contributed by atoms with Gasteiger partial charge in [0.25, 0.3) is 12.0 Å². The van der Waals surface area contributed by atoms with Crippen molar-refractivity contribution in [1.29, 1.82) is 0 Å². The number of pyridine rings is 1. The SMILES string of the molecule is O=c1c(C(F)F)cccn1Cl. The van der Waals surface area contributed by atoms with Gasteiger partial charge in [-0.05, 0) is 12.1 Å². The van der Waals surface area contributed by atoms with E-state index in [4.69, 9.17) is 11.8 Å². The summed E-state index contributed by atoms with van der Waals surface area (Å²) in [7, 11) is 0. The van der Waals surface area contributed by atoms with Gasteiger partial charge in [-0.15, -0.1) is 0 Å². The lowest BCUT2D eigenvalue weighted by Crippen LogP contribution is -2.16. The molecular weight excluding hydrogens is 176 g/mol. The summed E-state index contributed by atoms with van der Waals surface area (Å²) < 4.78 is 24.5. The number of nitrogens with zero attached hydrogens (tertiary/aromatic N) is 1. The van der Waals surface area contributed by atoms with E-state index in [-0.39, 0.29) is 0 Å². The first-order valence-corrected chi connectivity index (χ1v) is 3.12. The Morgan fingerprint density at radius 3 is 2.64 bits per heavy atom. The molecule has 60 valence electrons. The molecule has 0 unspecified atom stereocenters. The van der Waals surface area contributed by atoms with Crippen molar-refractivity contribution < 1.29 is 8.78 Å². The highest BCUT2D eigenvalue weighted by molar-refractivity contribution is 6.15. The van der Waals surface area contributed by atoms with Crippen LogP contribution >= 0.6 is 11.8 Å². The first-order valence-electron chi connectivity index (χ1n) is 2.79. The average Bonchev–Trinajstić information content (AvgIpc) is 1.94. The van der Waals surface area contributed by atoms with E-state index in [0.717, 1.165) is 6.07 Å². The third-order valence-corrected chi connectivity index (χ3v) is 1.44. The predicted molar refractivity (Wildman–Crippen MR) is 36.9 cm³/mol. The summed E-state index contributed by atoms with van der Waals surface area (Å²) in [5, 5.41) is 0. The maximum atomic E-state index is 11.9. The Morgan fingerprint density at radius 1 is 1.55 bits per heavy atom. The number of alkyl halides is 2. The van der Waals surface area contributed by atoms with Gasteiger partial charge in [0.2, 0.25) is 0 Å². The Labute approximate surface area is 66.1 Å². The van der Waals surface area contributed by atoms with Crippen LogP contribution in [-0.4, -0.2) is 4.09 Å². The number of aromatic nitrogens is 1. The minimum atomic E-state index is -2.77. The van der Waals surface area contributed by atoms with Gasteiger partial charge < -0.3 is 0 Å². The minimum Gasteiger partial charge on any atom is -0.267 e. The summed E-state index contributed by atoms with van der Waals surface area (Å²) in [5.74, 6) is 0. The molecule has 0 bridgehead atoms. The van der Waals surface area contributed by atoms with Gasteiger partial charge >= 0.3 is 0 Å². The Kier molecular flexibility index (Phi) is 2.24. The molecule has 0 amide bonds. The van der Waals surface area contributed by atoms with Crippen LogP contribution < -0.4 is 5.56 Å². The Hall–Kier alpha value is -0.900.